The van der Waals surface area contributed by atoms with Crippen molar-refractivity contribution in [3.63, 3.8) is 0 Å². The van der Waals surface area contributed by atoms with E-state index in [1.54, 1.807) is 0 Å². The van der Waals surface area contributed by atoms with Crippen LogP contribution in [0.3, 0.4) is 0 Å². The van der Waals surface area contributed by atoms with E-state index in [9.17, 15) is 18.0 Å². The zero-order valence-corrected chi connectivity index (χ0v) is 13.1. The number of fused-ring (bicyclic) bond motifs is 2. The average Bonchev–Trinajstić information content (AvgIpc) is 2.75. The van der Waals surface area contributed by atoms with Gasteiger partial charge < -0.3 is 4.90 Å². The Morgan fingerprint density at radius 2 is 1.68 bits per heavy atom. The first-order valence-electron chi connectivity index (χ1n) is 7.43. The van der Waals surface area contributed by atoms with Crippen LogP contribution in [0.4, 0.5) is 13.2 Å². The number of thioether (sulfide) groups is 1. The van der Waals surface area contributed by atoms with Gasteiger partial charge in [-0.1, -0.05) is 0 Å². The first-order valence-corrected chi connectivity index (χ1v) is 8.71. The third-order valence-electron chi connectivity index (χ3n) is 4.72. The summed E-state index contributed by atoms with van der Waals surface area (Å²) in [6, 6.07) is 5.06. The molecule has 1 aromatic rings. The summed E-state index contributed by atoms with van der Waals surface area (Å²) < 4.78 is 37.8. The van der Waals surface area contributed by atoms with Gasteiger partial charge in [-0.25, -0.2) is 0 Å². The Kier molecular flexibility index (Phi) is 4.14. The van der Waals surface area contributed by atoms with Crippen LogP contribution in [-0.2, 0) is 6.18 Å². The van der Waals surface area contributed by atoms with E-state index in [4.69, 9.17) is 0 Å². The summed E-state index contributed by atoms with van der Waals surface area (Å²) in [5.74, 6) is -0.124. The lowest BCUT2D eigenvalue weighted by Crippen LogP contribution is -2.47. The monoisotopic (exact) mass is 329 g/mol. The second kappa shape index (κ2) is 5.80. The Bertz CT molecular complexity index is 544. The molecule has 2 fully saturated rings. The van der Waals surface area contributed by atoms with Crippen LogP contribution in [0, 0.1) is 0 Å². The average molecular weight is 329 g/mol. The van der Waals surface area contributed by atoms with Crippen LogP contribution in [-0.4, -0.2) is 34.4 Å². The predicted octanol–water partition coefficient (Wildman–Crippen LogP) is 4.20. The molecule has 1 aromatic carbocycles. The van der Waals surface area contributed by atoms with E-state index in [2.05, 4.69) is 6.26 Å². The maximum atomic E-state index is 12.7. The number of nitrogens with zero attached hydrogens (tertiary/aromatic N) is 1. The van der Waals surface area contributed by atoms with E-state index in [1.807, 2.05) is 16.7 Å². The molecule has 0 N–H and O–H groups in total. The van der Waals surface area contributed by atoms with Crippen LogP contribution in [0.15, 0.2) is 24.3 Å². The maximum Gasteiger partial charge on any atom is 0.416 e. The van der Waals surface area contributed by atoms with Crippen molar-refractivity contribution >= 4 is 17.7 Å². The summed E-state index contributed by atoms with van der Waals surface area (Å²) in [7, 11) is 0. The molecule has 2 atom stereocenters. The first-order chi connectivity index (χ1) is 10.4. The largest absolute Gasteiger partial charge is 0.416 e. The van der Waals surface area contributed by atoms with Gasteiger partial charge in [0, 0.05) is 22.9 Å². The van der Waals surface area contributed by atoms with Crippen molar-refractivity contribution in [2.24, 2.45) is 0 Å². The predicted molar refractivity (Wildman–Crippen MR) is 81.0 cm³/mol. The summed E-state index contributed by atoms with van der Waals surface area (Å²) in [4.78, 5) is 14.6. The van der Waals surface area contributed by atoms with Crippen molar-refractivity contribution in [3.8, 4) is 0 Å². The van der Waals surface area contributed by atoms with Crippen molar-refractivity contribution in [1.29, 1.82) is 0 Å². The lowest BCUT2D eigenvalue weighted by atomic mass is 10.0. The molecule has 22 heavy (non-hydrogen) atoms. The molecule has 6 heteroatoms. The fourth-order valence-corrected chi connectivity index (χ4v) is 4.43. The second-order valence-electron chi connectivity index (χ2n) is 6.00. The minimum atomic E-state index is -4.36. The molecular weight excluding hydrogens is 311 g/mol. The van der Waals surface area contributed by atoms with Gasteiger partial charge in [-0.3, -0.25) is 4.79 Å². The summed E-state index contributed by atoms with van der Waals surface area (Å²) in [5, 5.41) is 0.592. The third-order valence-corrected chi connectivity index (χ3v) is 5.77. The smallest absolute Gasteiger partial charge is 0.333 e. The highest BCUT2D eigenvalue weighted by Gasteiger charge is 2.43. The highest BCUT2D eigenvalue weighted by Crippen LogP contribution is 2.40. The van der Waals surface area contributed by atoms with Gasteiger partial charge in [-0.15, -0.1) is 0 Å². The number of amides is 1. The molecule has 2 unspecified atom stereocenters. The van der Waals surface area contributed by atoms with E-state index in [0.717, 1.165) is 37.8 Å². The minimum Gasteiger partial charge on any atom is -0.333 e. The Hall–Kier alpha value is -1.17. The van der Waals surface area contributed by atoms with Gasteiger partial charge in [-0.05, 0) is 56.2 Å². The number of piperidine rings is 1. The quantitative estimate of drug-likeness (QED) is 0.810. The van der Waals surface area contributed by atoms with Gasteiger partial charge in [0.05, 0.1) is 5.56 Å². The number of alkyl halides is 3. The molecule has 3 rings (SSSR count). The number of benzene rings is 1. The molecule has 0 spiro atoms. The van der Waals surface area contributed by atoms with E-state index < -0.39 is 11.7 Å². The van der Waals surface area contributed by atoms with Gasteiger partial charge in [0.2, 0.25) is 0 Å². The topological polar surface area (TPSA) is 20.3 Å². The summed E-state index contributed by atoms with van der Waals surface area (Å²) in [6.07, 6.45) is 1.73. The van der Waals surface area contributed by atoms with Gasteiger partial charge in [-0.2, -0.15) is 24.9 Å². The Morgan fingerprint density at radius 3 is 2.14 bits per heavy atom. The normalized spacial score (nSPS) is 28.0. The molecule has 120 valence electrons. The van der Waals surface area contributed by atoms with E-state index in [1.165, 1.54) is 12.1 Å². The molecule has 2 nitrogen and oxygen atoms in total. The number of halogens is 3. The van der Waals surface area contributed by atoms with E-state index in [-0.39, 0.29) is 18.0 Å². The number of rotatable bonds is 2. The number of carbonyl (C=O) groups excluding carboxylic acids is 1. The third kappa shape index (κ3) is 2.85. The zero-order valence-electron chi connectivity index (χ0n) is 12.3. The fourth-order valence-electron chi connectivity index (χ4n) is 3.60. The van der Waals surface area contributed by atoms with Gasteiger partial charge in [0.25, 0.3) is 5.91 Å². The first kappa shape index (κ1) is 15.7. The van der Waals surface area contributed by atoms with Crippen molar-refractivity contribution in [2.75, 3.05) is 6.26 Å². The Labute approximate surface area is 132 Å². The number of carbonyl (C=O) groups is 1. The fraction of sp³-hybridized carbons (Fsp3) is 0.562. The van der Waals surface area contributed by atoms with Crippen molar-refractivity contribution in [1.82, 2.24) is 4.90 Å². The molecule has 0 saturated carbocycles. The molecule has 0 aliphatic carbocycles. The van der Waals surface area contributed by atoms with Crippen LogP contribution in [0.2, 0.25) is 0 Å². The standard InChI is InChI=1S/C16H18F3NOS/c1-22-14-8-12-6-7-13(9-14)20(12)15(21)10-2-4-11(5-3-10)16(17,18)19/h2-5,12-14H,6-9H2,1H3. The molecular formula is C16H18F3NOS. The highest BCUT2D eigenvalue weighted by molar-refractivity contribution is 7.99. The van der Waals surface area contributed by atoms with Crippen molar-refractivity contribution in [2.45, 2.75) is 49.2 Å². The molecule has 0 aromatic heterocycles. The van der Waals surface area contributed by atoms with E-state index in [0.29, 0.717) is 10.8 Å². The SMILES string of the molecule is CSC1CC2CCC(C1)N2C(=O)c1ccc(C(F)(F)F)cc1. The van der Waals surface area contributed by atoms with Crippen LogP contribution in [0.5, 0.6) is 0 Å². The minimum absolute atomic E-state index is 0.124. The van der Waals surface area contributed by atoms with Crippen LogP contribution >= 0.6 is 11.8 Å². The molecule has 2 aliphatic rings. The molecule has 2 aliphatic heterocycles. The van der Waals surface area contributed by atoms with Gasteiger partial charge in [0.1, 0.15) is 0 Å². The lowest BCUT2D eigenvalue weighted by molar-refractivity contribution is -0.137. The van der Waals surface area contributed by atoms with Crippen LogP contribution in [0.1, 0.15) is 41.6 Å². The van der Waals surface area contributed by atoms with Gasteiger partial charge >= 0.3 is 6.18 Å². The molecule has 2 saturated heterocycles. The zero-order chi connectivity index (χ0) is 15.9. The molecule has 0 radical (unpaired) electrons. The van der Waals surface area contributed by atoms with E-state index >= 15 is 0 Å². The Balaban J connectivity index is 1.77. The number of hydrogen-bond donors (Lipinski definition) is 0. The second-order valence-corrected chi connectivity index (χ2v) is 7.14. The lowest BCUT2D eigenvalue weighted by Gasteiger charge is -2.38. The van der Waals surface area contributed by atoms with Crippen LogP contribution in [0.25, 0.3) is 0 Å². The number of hydrogen-bond acceptors (Lipinski definition) is 2. The Morgan fingerprint density at radius 1 is 1.14 bits per heavy atom. The molecule has 2 heterocycles. The van der Waals surface area contributed by atoms with Crippen LogP contribution < -0.4 is 0 Å². The maximum absolute atomic E-state index is 12.7. The molecule has 2 bridgehead atoms. The highest BCUT2D eigenvalue weighted by atomic mass is 32.2. The molecule has 1 amide bonds. The van der Waals surface area contributed by atoms with Gasteiger partial charge in [0.15, 0.2) is 0 Å². The van der Waals surface area contributed by atoms with Crippen molar-refractivity contribution < 1.29 is 18.0 Å². The summed E-state index contributed by atoms with van der Waals surface area (Å²) >= 11 is 1.84. The summed E-state index contributed by atoms with van der Waals surface area (Å²) in [6.45, 7) is 0. The summed E-state index contributed by atoms with van der Waals surface area (Å²) in [5.41, 5.74) is -0.361. The van der Waals surface area contributed by atoms with Crippen molar-refractivity contribution in [3.05, 3.63) is 35.4 Å².